The van der Waals surface area contributed by atoms with Gasteiger partial charge < -0.3 is 9.80 Å². The van der Waals surface area contributed by atoms with Gasteiger partial charge in [-0.1, -0.05) is 18.2 Å². The molecule has 1 aromatic carbocycles. The molecule has 1 fully saturated rings. The third-order valence-electron chi connectivity index (χ3n) is 4.45. The quantitative estimate of drug-likeness (QED) is 0.799. The van der Waals surface area contributed by atoms with Gasteiger partial charge in [0.2, 0.25) is 0 Å². The summed E-state index contributed by atoms with van der Waals surface area (Å²) in [6.07, 6.45) is 3.46. The van der Waals surface area contributed by atoms with Crippen molar-refractivity contribution >= 4 is 11.6 Å². The van der Waals surface area contributed by atoms with E-state index in [1.807, 2.05) is 35.2 Å². The lowest BCUT2D eigenvalue weighted by molar-refractivity contribution is 0.0741. The number of carbonyl (C=O) groups is 1. The van der Waals surface area contributed by atoms with Gasteiger partial charge in [0.1, 0.15) is 5.69 Å². The molecule has 0 atom stereocenters. The van der Waals surface area contributed by atoms with Crippen LogP contribution in [0.4, 0.5) is 5.69 Å². The van der Waals surface area contributed by atoms with Gasteiger partial charge in [0.25, 0.3) is 5.91 Å². The van der Waals surface area contributed by atoms with Gasteiger partial charge in [0.05, 0.1) is 5.69 Å². The second-order valence-electron chi connectivity index (χ2n) is 6.02. The summed E-state index contributed by atoms with van der Waals surface area (Å²) < 4.78 is 0. The average Bonchev–Trinajstić information content (AvgIpc) is 3.19. The van der Waals surface area contributed by atoms with E-state index >= 15 is 0 Å². The highest BCUT2D eigenvalue weighted by atomic mass is 16.2. The number of hydrogen-bond donors (Lipinski definition) is 1. The number of benzene rings is 1. The highest BCUT2D eigenvalue weighted by molar-refractivity contribution is 5.93. The maximum atomic E-state index is 12.7. The Bertz CT molecular complexity index is 839. The molecule has 0 radical (unpaired) electrons. The van der Waals surface area contributed by atoms with Crippen molar-refractivity contribution in [3.63, 3.8) is 0 Å². The fraction of sp³-hybridized carbons (Fsp3) is 0.211. The van der Waals surface area contributed by atoms with Gasteiger partial charge in [-0.15, -0.1) is 0 Å². The summed E-state index contributed by atoms with van der Waals surface area (Å²) >= 11 is 0. The van der Waals surface area contributed by atoms with Crippen LogP contribution in [-0.4, -0.2) is 52.2 Å². The molecule has 6 nitrogen and oxygen atoms in total. The Hall–Kier alpha value is -3.15. The first-order valence-electron chi connectivity index (χ1n) is 8.36. The molecule has 25 heavy (non-hydrogen) atoms. The summed E-state index contributed by atoms with van der Waals surface area (Å²) in [5.74, 6) is -0.00430. The maximum absolute atomic E-state index is 12.7. The van der Waals surface area contributed by atoms with Crippen LogP contribution < -0.4 is 4.90 Å². The molecular weight excluding hydrogens is 314 g/mol. The Labute approximate surface area is 146 Å². The fourth-order valence-electron chi connectivity index (χ4n) is 3.07. The van der Waals surface area contributed by atoms with Gasteiger partial charge in [-0.2, -0.15) is 5.10 Å². The first-order chi connectivity index (χ1) is 12.3. The van der Waals surface area contributed by atoms with Crippen molar-refractivity contribution in [1.29, 1.82) is 0 Å². The minimum absolute atomic E-state index is 0.00430. The molecule has 1 N–H and O–H groups in total. The molecule has 1 aliphatic heterocycles. The number of rotatable bonds is 3. The number of pyridine rings is 1. The van der Waals surface area contributed by atoms with Crippen molar-refractivity contribution in [3.05, 3.63) is 66.6 Å². The smallest absolute Gasteiger partial charge is 0.272 e. The first kappa shape index (κ1) is 15.4. The molecule has 0 saturated carbocycles. The lowest BCUT2D eigenvalue weighted by atomic mass is 10.2. The topological polar surface area (TPSA) is 65.1 Å². The molecule has 1 aliphatic rings. The van der Waals surface area contributed by atoms with Gasteiger partial charge in [0, 0.05) is 49.8 Å². The number of anilines is 1. The Kier molecular flexibility index (Phi) is 4.16. The second-order valence-corrected chi connectivity index (χ2v) is 6.02. The zero-order chi connectivity index (χ0) is 17.1. The SMILES string of the molecule is O=C(c1cc(-c2cccnc2)n[nH]1)N1CCN(c2ccccc2)CC1. The van der Waals surface area contributed by atoms with E-state index in [9.17, 15) is 4.79 Å². The summed E-state index contributed by atoms with van der Waals surface area (Å²) in [6.45, 7) is 3.07. The predicted molar refractivity (Wildman–Crippen MR) is 96.4 cm³/mol. The Morgan fingerprint density at radius 3 is 2.52 bits per heavy atom. The second kappa shape index (κ2) is 6.76. The maximum Gasteiger partial charge on any atom is 0.272 e. The first-order valence-corrected chi connectivity index (χ1v) is 8.36. The van der Waals surface area contributed by atoms with E-state index < -0.39 is 0 Å². The van der Waals surface area contributed by atoms with Crippen LogP contribution in [0.15, 0.2) is 60.9 Å². The molecule has 1 saturated heterocycles. The molecular formula is C19H19N5O. The summed E-state index contributed by atoms with van der Waals surface area (Å²) in [7, 11) is 0. The predicted octanol–water partition coefficient (Wildman–Crippen LogP) is 2.43. The van der Waals surface area contributed by atoms with Gasteiger partial charge in [0.15, 0.2) is 0 Å². The lowest BCUT2D eigenvalue weighted by Gasteiger charge is -2.35. The number of aromatic nitrogens is 3. The van der Waals surface area contributed by atoms with E-state index in [2.05, 4.69) is 32.2 Å². The minimum atomic E-state index is -0.00430. The molecule has 3 aromatic rings. The fourth-order valence-corrected chi connectivity index (χ4v) is 3.07. The Morgan fingerprint density at radius 2 is 1.80 bits per heavy atom. The van der Waals surface area contributed by atoms with Gasteiger partial charge in [-0.3, -0.25) is 14.9 Å². The molecule has 2 aromatic heterocycles. The number of piperazine rings is 1. The van der Waals surface area contributed by atoms with Crippen LogP contribution in [0.2, 0.25) is 0 Å². The highest BCUT2D eigenvalue weighted by Gasteiger charge is 2.23. The van der Waals surface area contributed by atoms with Crippen molar-refractivity contribution in [2.45, 2.75) is 0 Å². The molecule has 1 amide bonds. The van der Waals surface area contributed by atoms with Crippen LogP contribution in [0, 0.1) is 0 Å². The highest BCUT2D eigenvalue weighted by Crippen LogP contribution is 2.19. The zero-order valence-electron chi connectivity index (χ0n) is 13.8. The van der Waals surface area contributed by atoms with E-state index in [1.54, 1.807) is 18.5 Å². The van der Waals surface area contributed by atoms with Crippen LogP contribution >= 0.6 is 0 Å². The van der Waals surface area contributed by atoms with Crippen LogP contribution in [0.25, 0.3) is 11.3 Å². The van der Waals surface area contributed by atoms with E-state index in [-0.39, 0.29) is 5.91 Å². The summed E-state index contributed by atoms with van der Waals surface area (Å²) in [5, 5.41) is 7.10. The molecule has 3 heterocycles. The number of aromatic amines is 1. The van der Waals surface area contributed by atoms with Crippen LogP contribution in [0.1, 0.15) is 10.5 Å². The third kappa shape index (κ3) is 3.24. The van der Waals surface area contributed by atoms with Crippen molar-refractivity contribution < 1.29 is 4.79 Å². The monoisotopic (exact) mass is 333 g/mol. The Morgan fingerprint density at radius 1 is 1.00 bits per heavy atom. The number of para-hydroxylation sites is 1. The largest absolute Gasteiger partial charge is 0.368 e. The molecule has 0 aliphatic carbocycles. The van der Waals surface area contributed by atoms with Gasteiger partial charge in [-0.25, -0.2) is 0 Å². The molecule has 0 bridgehead atoms. The molecule has 4 rings (SSSR count). The molecule has 0 unspecified atom stereocenters. The summed E-state index contributed by atoms with van der Waals surface area (Å²) in [5.41, 5.74) is 3.35. The van der Waals surface area contributed by atoms with Gasteiger partial charge >= 0.3 is 0 Å². The number of hydrogen-bond acceptors (Lipinski definition) is 4. The number of carbonyl (C=O) groups excluding carboxylic acids is 1. The third-order valence-corrected chi connectivity index (χ3v) is 4.45. The normalized spacial score (nSPS) is 14.6. The number of H-pyrrole nitrogens is 1. The molecule has 0 spiro atoms. The van der Waals surface area contributed by atoms with E-state index in [1.165, 1.54) is 5.69 Å². The number of nitrogens with one attached hydrogen (secondary N) is 1. The standard InChI is InChI=1S/C19H19N5O/c25-19(18-13-17(21-22-18)15-5-4-8-20-14-15)24-11-9-23(10-12-24)16-6-2-1-3-7-16/h1-8,13-14H,9-12H2,(H,21,22). The van der Waals surface area contributed by atoms with Crippen molar-refractivity contribution in [2.24, 2.45) is 0 Å². The van der Waals surface area contributed by atoms with Crippen LogP contribution in [-0.2, 0) is 0 Å². The molecule has 126 valence electrons. The van der Waals surface area contributed by atoms with Crippen LogP contribution in [0.3, 0.4) is 0 Å². The summed E-state index contributed by atoms with van der Waals surface area (Å²) in [6, 6.07) is 15.9. The Balaban J connectivity index is 1.42. The lowest BCUT2D eigenvalue weighted by Crippen LogP contribution is -2.48. The number of nitrogens with zero attached hydrogens (tertiary/aromatic N) is 4. The van der Waals surface area contributed by atoms with Gasteiger partial charge in [-0.05, 0) is 30.3 Å². The summed E-state index contributed by atoms with van der Waals surface area (Å²) in [4.78, 5) is 21.0. The van der Waals surface area contributed by atoms with Crippen molar-refractivity contribution in [3.8, 4) is 11.3 Å². The van der Waals surface area contributed by atoms with Crippen LogP contribution in [0.5, 0.6) is 0 Å². The number of amides is 1. The van der Waals surface area contributed by atoms with Crippen molar-refractivity contribution in [1.82, 2.24) is 20.1 Å². The molecule has 6 heteroatoms. The zero-order valence-corrected chi connectivity index (χ0v) is 13.8. The van der Waals surface area contributed by atoms with E-state index in [0.717, 1.165) is 24.3 Å². The average molecular weight is 333 g/mol. The van der Waals surface area contributed by atoms with E-state index in [0.29, 0.717) is 18.8 Å². The van der Waals surface area contributed by atoms with Crippen molar-refractivity contribution in [2.75, 3.05) is 31.1 Å². The minimum Gasteiger partial charge on any atom is -0.368 e. The van der Waals surface area contributed by atoms with E-state index in [4.69, 9.17) is 0 Å².